The van der Waals surface area contributed by atoms with Crippen molar-refractivity contribution in [2.45, 2.75) is 19.4 Å². The van der Waals surface area contributed by atoms with Crippen LogP contribution in [-0.4, -0.2) is 29.1 Å². The Morgan fingerprint density at radius 3 is 2.55 bits per heavy atom. The van der Waals surface area contributed by atoms with E-state index in [1.807, 2.05) is 18.2 Å². The minimum absolute atomic E-state index is 0.156. The molecule has 1 aromatic heterocycles. The van der Waals surface area contributed by atoms with Crippen molar-refractivity contribution in [2.75, 3.05) is 11.9 Å². The highest BCUT2D eigenvalue weighted by Crippen LogP contribution is 2.33. The van der Waals surface area contributed by atoms with Gasteiger partial charge >= 0.3 is 0 Å². The molecule has 7 nitrogen and oxygen atoms in total. The molecule has 2 amide bonds. The Balaban J connectivity index is 1.48. The summed E-state index contributed by atoms with van der Waals surface area (Å²) in [5.74, 6) is 0.714. The molecule has 0 bridgehead atoms. The lowest BCUT2D eigenvalue weighted by molar-refractivity contribution is -0.135. The molecule has 3 aromatic rings. The van der Waals surface area contributed by atoms with E-state index >= 15 is 0 Å². The maximum atomic E-state index is 12.9. The average molecular weight is 438 g/mol. The first-order valence-electron chi connectivity index (χ1n) is 9.69. The number of furan rings is 1. The summed E-state index contributed by atoms with van der Waals surface area (Å²) in [6.45, 7) is 1.25. The molecule has 0 aliphatic carbocycles. The van der Waals surface area contributed by atoms with Crippen LogP contribution in [-0.2, 0) is 9.59 Å². The first kappa shape index (κ1) is 20.7. The maximum absolute atomic E-state index is 12.9. The van der Waals surface area contributed by atoms with Crippen LogP contribution in [0.15, 0.2) is 76.4 Å². The van der Waals surface area contributed by atoms with Gasteiger partial charge in [-0.05, 0) is 54.1 Å². The van der Waals surface area contributed by atoms with Crippen LogP contribution >= 0.6 is 11.6 Å². The van der Waals surface area contributed by atoms with Gasteiger partial charge in [-0.3, -0.25) is 9.59 Å². The Morgan fingerprint density at radius 1 is 1.16 bits per heavy atom. The van der Waals surface area contributed by atoms with Crippen LogP contribution in [0.25, 0.3) is 0 Å². The molecule has 2 aromatic carbocycles. The second-order valence-corrected chi connectivity index (χ2v) is 7.46. The second kappa shape index (κ2) is 9.06. The summed E-state index contributed by atoms with van der Waals surface area (Å²) < 4.78 is 11.2. The molecule has 0 radical (unpaired) electrons. The maximum Gasteiger partial charge on any atom is 0.281 e. The molecule has 0 spiro atoms. The molecule has 1 atom stereocenters. The van der Waals surface area contributed by atoms with E-state index in [1.54, 1.807) is 48.7 Å². The van der Waals surface area contributed by atoms with Crippen molar-refractivity contribution in [3.8, 4) is 5.75 Å². The molecule has 0 saturated heterocycles. The van der Waals surface area contributed by atoms with Crippen LogP contribution in [0.3, 0.4) is 0 Å². The minimum Gasteiger partial charge on any atom is -0.484 e. The van der Waals surface area contributed by atoms with E-state index in [0.29, 0.717) is 28.6 Å². The van der Waals surface area contributed by atoms with Crippen LogP contribution in [0.2, 0.25) is 5.02 Å². The zero-order valence-corrected chi connectivity index (χ0v) is 17.5. The lowest BCUT2D eigenvalue weighted by atomic mass is 10.0. The third-order valence-electron chi connectivity index (χ3n) is 4.75. The number of nitrogens with one attached hydrogen (secondary N) is 1. The van der Waals surface area contributed by atoms with E-state index in [0.717, 1.165) is 11.3 Å². The van der Waals surface area contributed by atoms with Gasteiger partial charge in [0.1, 0.15) is 17.6 Å². The van der Waals surface area contributed by atoms with Crippen molar-refractivity contribution in [3.05, 3.63) is 83.3 Å². The van der Waals surface area contributed by atoms with Gasteiger partial charge < -0.3 is 14.5 Å². The van der Waals surface area contributed by atoms with Crippen LogP contribution in [0.4, 0.5) is 5.69 Å². The highest BCUT2D eigenvalue weighted by atomic mass is 35.5. The SMILES string of the molecule is CC(=O)Nc1ccc(OCC(=O)N2N=C(c3ccc(Cl)cc3)CC2c2ccco2)cc1. The number of hydrazone groups is 1. The second-order valence-electron chi connectivity index (χ2n) is 7.02. The monoisotopic (exact) mass is 437 g/mol. The Morgan fingerprint density at radius 2 is 1.90 bits per heavy atom. The smallest absolute Gasteiger partial charge is 0.281 e. The fraction of sp³-hybridized carbons (Fsp3) is 0.174. The lowest BCUT2D eigenvalue weighted by Gasteiger charge is -2.20. The number of amides is 2. The average Bonchev–Trinajstić information content (AvgIpc) is 3.43. The highest BCUT2D eigenvalue weighted by Gasteiger charge is 2.35. The van der Waals surface area contributed by atoms with E-state index in [1.165, 1.54) is 11.9 Å². The molecule has 8 heteroatoms. The standard InChI is InChI=1S/C23H20ClN3O4/c1-15(28)25-18-8-10-19(11-9-18)31-14-23(29)27-21(22-3-2-12-30-22)13-20(26-27)16-4-6-17(24)7-5-16/h2-12,21H,13-14H2,1H3,(H,25,28). The summed E-state index contributed by atoms with van der Waals surface area (Å²) in [6, 6.07) is 17.4. The predicted octanol–water partition coefficient (Wildman–Crippen LogP) is 4.65. The normalized spacial score (nSPS) is 15.5. The fourth-order valence-corrected chi connectivity index (χ4v) is 3.43. The van der Waals surface area contributed by atoms with Gasteiger partial charge in [0.2, 0.25) is 5.91 Å². The van der Waals surface area contributed by atoms with Crippen molar-refractivity contribution in [1.82, 2.24) is 5.01 Å². The molecule has 2 heterocycles. The number of halogens is 1. The van der Waals surface area contributed by atoms with Gasteiger partial charge in [0.15, 0.2) is 6.61 Å². The largest absolute Gasteiger partial charge is 0.484 e. The Bertz CT molecular complexity index is 1090. The number of carbonyl (C=O) groups is 2. The van der Waals surface area contributed by atoms with Gasteiger partial charge in [0.05, 0.1) is 12.0 Å². The molecule has 1 unspecified atom stereocenters. The first-order chi connectivity index (χ1) is 15.0. The predicted molar refractivity (Wildman–Crippen MR) is 117 cm³/mol. The van der Waals surface area contributed by atoms with Gasteiger partial charge in [-0.2, -0.15) is 5.10 Å². The summed E-state index contributed by atoms with van der Waals surface area (Å²) in [7, 11) is 0. The molecular formula is C23H20ClN3O4. The van der Waals surface area contributed by atoms with Gasteiger partial charge in [0.25, 0.3) is 5.91 Å². The van der Waals surface area contributed by atoms with Crippen LogP contribution in [0.1, 0.15) is 30.7 Å². The number of hydrogen-bond acceptors (Lipinski definition) is 5. The molecule has 0 saturated carbocycles. The topological polar surface area (TPSA) is 84.1 Å². The summed E-state index contributed by atoms with van der Waals surface area (Å²) in [4.78, 5) is 24.1. The van der Waals surface area contributed by atoms with Gasteiger partial charge in [-0.15, -0.1) is 0 Å². The van der Waals surface area contributed by atoms with Gasteiger partial charge in [-0.25, -0.2) is 5.01 Å². The van der Waals surface area contributed by atoms with Crippen molar-refractivity contribution in [1.29, 1.82) is 0 Å². The number of nitrogens with zero attached hydrogens (tertiary/aromatic N) is 2. The van der Waals surface area contributed by atoms with E-state index in [9.17, 15) is 9.59 Å². The molecule has 4 rings (SSSR count). The third-order valence-corrected chi connectivity index (χ3v) is 5.00. The van der Waals surface area contributed by atoms with Crippen molar-refractivity contribution < 1.29 is 18.7 Å². The molecule has 158 valence electrons. The Kier molecular flexibility index (Phi) is 6.04. The number of anilines is 1. The molecule has 0 fully saturated rings. The van der Waals surface area contributed by atoms with E-state index < -0.39 is 0 Å². The van der Waals surface area contributed by atoms with Crippen molar-refractivity contribution in [2.24, 2.45) is 5.10 Å². The molecular weight excluding hydrogens is 418 g/mol. The molecule has 31 heavy (non-hydrogen) atoms. The molecule has 1 N–H and O–H groups in total. The Labute approximate surface area is 184 Å². The van der Waals surface area contributed by atoms with Crippen molar-refractivity contribution in [3.63, 3.8) is 0 Å². The molecule has 1 aliphatic heterocycles. The quantitative estimate of drug-likeness (QED) is 0.608. The number of hydrogen-bond donors (Lipinski definition) is 1. The fourth-order valence-electron chi connectivity index (χ4n) is 3.31. The summed E-state index contributed by atoms with van der Waals surface area (Å²) >= 11 is 5.98. The van der Waals surface area contributed by atoms with Crippen LogP contribution < -0.4 is 10.1 Å². The van der Waals surface area contributed by atoms with E-state index in [2.05, 4.69) is 10.4 Å². The first-order valence-corrected chi connectivity index (χ1v) is 10.1. The van der Waals surface area contributed by atoms with E-state index in [-0.39, 0.29) is 24.5 Å². The number of rotatable bonds is 6. The van der Waals surface area contributed by atoms with Gasteiger partial charge in [0, 0.05) is 24.1 Å². The minimum atomic E-state index is -0.348. The highest BCUT2D eigenvalue weighted by molar-refractivity contribution is 6.30. The third kappa shape index (κ3) is 4.95. The Hall–Kier alpha value is -3.58. The molecule has 1 aliphatic rings. The summed E-state index contributed by atoms with van der Waals surface area (Å²) in [5, 5.41) is 9.28. The summed E-state index contributed by atoms with van der Waals surface area (Å²) in [5.41, 5.74) is 2.32. The van der Waals surface area contributed by atoms with Crippen molar-refractivity contribution >= 4 is 34.8 Å². The van der Waals surface area contributed by atoms with Gasteiger partial charge in [-0.1, -0.05) is 23.7 Å². The zero-order chi connectivity index (χ0) is 21.8. The summed E-state index contributed by atoms with van der Waals surface area (Å²) in [6.07, 6.45) is 2.09. The zero-order valence-electron chi connectivity index (χ0n) is 16.7. The van der Waals surface area contributed by atoms with E-state index in [4.69, 9.17) is 20.8 Å². The number of carbonyl (C=O) groups excluding carboxylic acids is 2. The number of benzene rings is 2. The van der Waals surface area contributed by atoms with Crippen LogP contribution in [0, 0.1) is 0 Å². The lowest BCUT2D eigenvalue weighted by Crippen LogP contribution is -2.31. The number of ether oxygens (including phenoxy) is 1. The van der Waals surface area contributed by atoms with Crippen LogP contribution in [0.5, 0.6) is 5.75 Å².